The average Bonchev–Trinajstić information content (AvgIpc) is 3.01. The van der Waals surface area contributed by atoms with Gasteiger partial charge in [-0.3, -0.25) is 4.79 Å². The van der Waals surface area contributed by atoms with E-state index in [1.807, 2.05) is 0 Å². The molecule has 1 saturated carbocycles. The molecule has 1 N–H and O–H groups in total. The Bertz CT molecular complexity index is 1030. The maximum absolute atomic E-state index is 14.0. The molecule has 4 nitrogen and oxygen atoms in total. The van der Waals surface area contributed by atoms with Crippen molar-refractivity contribution in [2.45, 2.75) is 38.0 Å². The van der Waals surface area contributed by atoms with Crippen LogP contribution in [-0.4, -0.2) is 20.9 Å². The zero-order valence-corrected chi connectivity index (χ0v) is 15.8. The highest BCUT2D eigenvalue weighted by molar-refractivity contribution is 6.30. The lowest BCUT2D eigenvalue weighted by Gasteiger charge is -2.31. The number of carboxylic acids is 1. The number of carboxylic acid groups (broad SMARTS) is 1. The SMILES string of the molecule is O=C(O)CC1CCCCC1c1c2cc(F)c(F)cc2nn1-c1ccc(Cl)cc1. The molecule has 0 aliphatic heterocycles. The lowest BCUT2D eigenvalue weighted by molar-refractivity contribution is -0.138. The van der Waals surface area contributed by atoms with Crippen molar-refractivity contribution in [2.75, 3.05) is 0 Å². The quantitative estimate of drug-likeness (QED) is 0.606. The van der Waals surface area contributed by atoms with Gasteiger partial charge in [-0.1, -0.05) is 24.4 Å². The Balaban J connectivity index is 1.93. The predicted octanol–water partition coefficient (Wildman–Crippen LogP) is 5.71. The van der Waals surface area contributed by atoms with Crippen LogP contribution < -0.4 is 0 Å². The molecule has 0 bridgehead atoms. The first-order chi connectivity index (χ1) is 13.4. The second-order valence-corrected chi connectivity index (χ2v) is 7.74. The minimum atomic E-state index is -0.953. The van der Waals surface area contributed by atoms with E-state index in [4.69, 9.17) is 11.6 Å². The normalized spacial score (nSPS) is 19.8. The van der Waals surface area contributed by atoms with Crippen molar-refractivity contribution in [3.63, 3.8) is 0 Å². The molecule has 0 radical (unpaired) electrons. The molecule has 0 saturated heterocycles. The van der Waals surface area contributed by atoms with Gasteiger partial charge in [-0.15, -0.1) is 0 Å². The van der Waals surface area contributed by atoms with Gasteiger partial charge in [-0.05, 0) is 49.1 Å². The van der Waals surface area contributed by atoms with E-state index in [2.05, 4.69) is 5.10 Å². The largest absolute Gasteiger partial charge is 0.481 e. The number of carbonyl (C=O) groups is 1. The lowest BCUT2D eigenvalue weighted by Crippen LogP contribution is -2.23. The van der Waals surface area contributed by atoms with Gasteiger partial charge in [-0.2, -0.15) is 5.10 Å². The van der Waals surface area contributed by atoms with Crippen LogP contribution in [0.5, 0.6) is 0 Å². The fourth-order valence-electron chi connectivity index (χ4n) is 4.27. The Labute approximate surface area is 165 Å². The summed E-state index contributed by atoms with van der Waals surface area (Å²) in [6, 6.07) is 9.30. The van der Waals surface area contributed by atoms with E-state index in [9.17, 15) is 18.7 Å². The standard InChI is InChI=1S/C21H19ClF2N2O2/c22-13-5-7-14(8-6-13)26-21(15-4-2-1-3-12(15)9-20(27)28)16-10-17(23)18(24)11-19(16)25-26/h5-8,10-12,15H,1-4,9H2,(H,27,28). The van der Waals surface area contributed by atoms with Gasteiger partial charge in [-0.25, -0.2) is 13.5 Å². The number of benzene rings is 2. The zero-order valence-electron chi connectivity index (χ0n) is 15.0. The molecule has 2 atom stereocenters. The number of aromatic nitrogens is 2. The fraction of sp³-hybridized carbons (Fsp3) is 0.333. The highest BCUT2D eigenvalue weighted by Crippen LogP contribution is 2.43. The third-order valence-corrected chi connectivity index (χ3v) is 5.77. The van der Waals surface area contributed by atoms with E-state index in [1.54, 1.807) is 28.9 Å². The van der Waals surface area contributed by atoms with Gasteiger partial charge in [0.1, 0.15) is 0 Å². The van der Waals surface area contributed by atoms with Gasteiger partial charge < -0.3 is 5.11 Å². The molecule has 28 heavy (non-hydrogen) atoms. The molecule has 0 spiro atoms. The molecule has 1 heterocycles. The molecular formula is C21H19ClF2N2O2. The summed E-state index contributed by atoms with van der Waals surface area (Å²) >= 11 is 5.99. The summed E-state index contributed by atoms with van der Waals surface area (Å²) in [6.07, 6.45) is 3.53. The molecule has 2 unspecified atom stereocenters. The van der Waals surface area contributed by atoms with E-state index in [0.29, 0.717) is 15.9 Å². The summed E-state index contributed by atoms with van der Waals surface area (Å²) in [4.78, 5) is 11.4. The van der Waals surface area contributed by atoms with Crippen molar-refractivity contribution >= 4 is 28.5 Å². The highest BCUT2D eigenvalue weighted by atomic mass is 35.5. The molecule has 1 aromatic heterocycles. The predicted molar refractivity (Wildman–Crippen MR) is 103 cm³/mol. The van der Waals surface area contributed by atoms with E-state index in [1.165, 1.54) is 6.07 Å². The van der Waals surface area contributed by atoms with Crippen molar-refractivity contribution < 1.29 is 18.7 Å². The van der Waals surface area contributed by atoms with Crippen molar-refractivity contribution in [3.8, 4) is 5.69 Å². The van der Waals surface area contributed by atoms with Crippen LogP contribution in [0.3, 0.4) is 0 Å². The van der Waals surface area contributed by atoms with Crippen molar-refractivity contribution in [1.29, 1.82) is 0 Å². The van der Waals surface area contributed by atoms with Gasteiger partial charge >= 0.3 is 5.97 Å². The first-order valence-electron chi connectivity index (χ1n) is 9.29. The van der Waals surface area contributed by atoms with Crippen LogP contribution >= 0.6 is 11.6 Å². The first-order valence-corrected chi connectivity index (χ1v) is 9.67. The van der Waals surface area contributed by atoms with E-state index in [-0.39, 0.29) is 18.3 Å². The van der Waals surface area contributed by atoms with E-state index in [0.717, 1.165) is 43.1 Å². The number of hydrogen-bond acceptors (Lipinski definition) is 2. The first kappa shape index (κ1) is 18.9. The van der Waals surface area contributed by atoms with Crippen molar-refractivity contribution in [3.05, 3.63) is 58.7 Å². The molecule has 4 rings (SSSR count). The summed E-state index contributed by atoms with van der Waals surface area (Å²) in [7, 11) is 0. The Morgan fingerprint density at radius 2 is 1.82 bits per heavy atom. The second-order valence-electron chi connectivity index (χ2n) is 7.31. The van der Waals surface area contributed by atoms with Gasteiger partial charge in [0.15, 0.2) is 11.6 Å². The number of fused-ring (bicyclic) bond motifs is 1. The maximum atomic E-state index is 14.0. The number of rotatable bonds is 4. The van der Waals surface area contributed by atoms with Gasteiger partial charge in [0.25, 0.3) is 0 Å². The third-order valence-electron chi connectivity index (χ3n) is 5.52. The Kier molecular flexibility index (Phi) is 5.06. The fourth-order valence-corrected chi connectivity index (χ4v) is 4.40. The van der Waals surface area contributed by atoms with E-state index < -0.39 is 17.6 Å². The number of halogens is 3. The topological polar surface area (TPSA) is 55.1 Å². The van der Waals surface area contributed by atoms with Crippen LogP contribution in [0.4, 0.5) is 8.78 Å². The zero-order chi connectivity index (χ0) is 19.8. The maximum Gasteiger partial charge on any atom is 0.303 e. The molecule has 3 aromatic rings. The molecular weight excluding hydrogens is 386 g/mol. The molecule has 0 amide bonds. The van der Waals surface area contributed by atoms with Crippen LogP contribution in [0, 0.1) is 17.6 Å². The average molecular weight is 405 g/mol. The Morgan fingerprint density at radius 3 is 2.54 bits per heavy atom. The minimum Gasteiger partial charge on any atom is -0.481 e. The number of hydrogen-bond donors (Lipinski definition) is 1. The van der Waals surface area contributed by atoms with Crippen LogP contribution in [0.2, 0.25) is 5.02 Å². The Morgan fingerprint density at radius 1 is 1.14 bits per heavy atom. The molecule has 1 aliphatic rings. The second kappa shape index (κ2) is 7.51. The Hall–Kier alpha value is -2.47. The molecule has 1 aliphatic carbocycles. The molecule has 1 fully saturated rings. The molecule has 146 valence electrons. The summed E-state index contributed by atoms with van der Waals surface area (Å²) in [5, 5.41) is 15.0. The summed E-state index contributed by atoms with van der Waals surface area (Å²) in [5.74, 6) is -2.92. The minimum absolute atomic E-state index is 0.0433. The number of nitrogens with zero attached hydrogens (tertiary/aromatic N) is 2. The lowest BCUT2D eigenvalue weighted by atomic mass is 9.75. The number of aliphatic carboxylic acids is 1. The highest BCUT2D eigenvalue weighted by Gasteiger charge is 2.33. The summed E-state index contributed by atoms with van der Waals surface area (Å²) in [6.45, 7) is 0. The van der Waals surface area contributed by atoms with Crippen LogP contribution in [0.1, 0.15) is 43.7 Å². The van der Waals surface area contributed by atoms with Gasteiger partial charge in [0, 0.05) is 28.8 Å². The smallest absolute Gasteiger partial charge is 0.303 e. The monoisotopic (exact) mass is 404 g/mol. The summed E-state index contributed by atoms with van der Waals surface area (Å²) < 4.78 is 29.5. The summed E-state index contributed by atoms with van der Waals surface area (Å²) in [5.41, 5.74) is 1.81. The van der Waals surface area contributed by atoms with Crippen LogP contribution in [0.25, 0.3) is 16.6 Å². The molecule has 2 aromatic carbocycles. The van der Waals surface area contributed by atoms with E-state index >= 15 is 0 Å². The van der Waals surface area contributed by atoms with Crippen LogP contribution in [0.15, 0.2) is 36.4 Å². The van der Waals surface area contributed by atoms with Crippen LogP contribution in [-0.2, 0) is 4.79 Å². The van der Waals surface area contributed by atoms with Gasteiger partial charge in [0.05, 0.1) is 16.9 Å². The van der Waals surface area contributed by atoms with Gasteiger partial charge in [0.2, 0.25) is 0 Å². The van der Waals surface area contributed by atoms with Crippen molar-refractivity contribution in [2.24, 2.45) is 5.92 Å². The molecule has 7 heteroatoms. The van der Waals surface area contributed by atoms with Crippen molar-refractivity contribution in [1.82, 2.24) is 9.78 Å². The third kappa shape index (κ3) is 3.49.